The van der Waals surface area contributed by atoms with E-state index in [2.05, 4.69) is 0 Å². The first-order chi connectivity index (χ1) is 26.1. The second-order valence-corrected chi connectivity index (χ2v) is 12.6. The number of non-ortho nitro benzene ring substituents is 1. The second kappa shape index (κ2) is 18.6. The van der Waals surface area contributed by atoms with E-state index in [0.717, 1.165) is 29.2 Å². The monoisotopic (exact) mass is 773 g/mol. The molecule has 2 heterocycles. The van der Waals surface area contributed by atoms with Gasteiger partial charge in [-0.25, -0.2) is 0 Å². The van der Waals surface area contributed by atoms with E-state index in [1.165, 1.54) is 30.0 Å². The molecule has 0 aliphatic carbocycles. The van der Waals surface area contributed by atoms with Crippen molar-refractivity contribution in [3.63, 3.8) is 0 Å². The van der Waals surface area contributed by atoms with Crippen LogP contribution in [0.25, 0.3) is 10.9 Å². The molecule has 1 saturated heterocycles. The molecule has 5 rings (SSSR count). The van der Waals surface area contributed by atoms with Crippen LogP contribution in [0.1, 0.15) is 49.3 Å². The number of ether oxygens (including phenoxy) is 4. The Kier molecular flexibility index (Phi) is 14.2. The zero-order valence-corrected chi connectivity index (χ0v) is 30.4. The van der Waals surface area contributed by atoms with Gasteiger partial charge >= 0.3 is 18.1 Å². The van der Waals surface area contributed by atoms with Gasteiger partial charge in [0.1, 0.15) is 12.9 Å². The average molecular weight is 774 g/mol. The molecule has 55 heavy (non-hydrogen) atoms. The predicted molar refractivity (Wildman–Crippen MR) is 192 cm³/mol. The number of nitro benzene ring substituents is 1. The Morgan fingerprint density at radius 1 is 0.927 bits per heavy atom. The lowest BCUT2D eigenvalue weighted by molar-refractivity contribution is -0.384. The normalized spacial score (nSPS) is 14.4. The number of piperidine rings is 1. The van der Waals surface area contributed by atoms with Gasteiger partial charge in [0.25, 0.3) is 17.2 Å². The summed E-state index contributed by atoms with van der Waals surface area (Å²) in [7, 11) is 2.58. The van der Waals surface area contributed by atoms with Gasteiger partial charge in [0.15, 0.2) is 11.5 Å². The summed E-state index contributed by atoms with van der Waals surface area (Å²) in [6.07, 6.45) is -3.74. The van der Waals surface area contributed by atoms with Crippen molar-refractivity contribution in [3.8, 4) is 11.5 Å². The van der Waals surface area contributed by atoms with Gasteiger partial charge in [-0.1, -0.05) is 43.3 Å². The molecular weight excluding hydrogens is 731 g/mol. The molecule has 0 spiro atoms. The fraction of sp³-hybridized carbons (Fsp3) is 0.395. The Hall–Kier alpha value is -5.68. The summed E-state index contributed by atoms with van der Waals surface area (Å²) >= 11 is 0. The maximum Gasteiger partial charge on any atom is 0.431 e. The first-order valence-electron chi connectivity index (χ1n) is 17.2. The fourth-order valence-corrected chi connectivity index (χ4v) is 6.14. The zero-order valence-electron chi connectivity index (χ0n) is 30.4. The van der Waals surface area contributed by atoms with Crippen molar-refractivity contribution in [1.29, 1.82) is 0 Å². The number of hydrogen-bond acceptors (Lipinski definition) is 9. The number of amides is 1. The van der Waals surface area contributed by atoms with E-state index >= 15 is 13.2 Å². The Labute approximate surface area is 314 Å². The van der Waals surface area contributed by atoms with Crippen molar-refractivity contribution >= 4 is 34.4 Å². The van der Waals surface area contributed by atoms with Crippen LogP contribution in [-0.2, 0) is 42.4 Å². The molecule has 0 saturated carbocycles. The topological polar surface area (TPSA) is 180 Å². The van der Waals surface area contributed by atoms with E-state index in [1.54, 1.807) is 55.5 Å². The average Bonchev–Trinajstić information content (AvgIpc) is 3.52. The number of aliphatic carboxylic acids is 2. The predicted octanol–water partition coefficient (Wildman–Crippen LogP) is 6.55. The highest BCUT2D eigenvalue weighted by Gasteiger charge is 2.65. The highest BCUT2D eigenvalue weighted by atomic mass is 19.4. The van der Waals surface area contributed by atoms with Gasteiger partial charge in [-0.2, -0.15) is 13.2 Å². The first kappa shape index (κ1) is 42.1. The smallest absolute Gasteiger partial charge is 0.431 e. The van der Waals surface area contributed by atoms with E-state index in [-0.39, 0.29) is 61.9 Å². The molecule has 1 aromatic heterocycles. The van der Waals surface area contributed by atoms with Gasteiger partial charge in [0, 0.05) is 81.7 Å². The number of rotatable bonds is 15. The maximum atomic E-state index is 15.5. The molecular formula is C38H42F3N3O11. The summed E-state index contributed by atoms with van der Waals surface area (Å²) in [5.74, 6) is -2.27. The molecule has 0 radical (unpaired) electrons. The van der Waals surface area contributed by atoms with Crippen LogP contribution in [0.4, 0.5) is 18.9 Å². The molecule has 1 atom stereocenters. The van der Waals surface area contributed by atoms with Gasteiger partial charge < -0.3 is 38.6 Å². The first-order valence-corrected chi connectivity index (χ1v) is 17.2. The summed E-state index contributed by atoms with van der Waals surface area (Å²) < 4.78 is 69.9. The maximum absolute atomic E-state index is 15.5. The van der Waals surface area contributed by atoms with Gasteiger partial charge in [-0.3, -0.25) is 24.5 Å². The zero-order chi connectivity index (χ0) is 40.3. The van der Waals surface area contributed by atoms with Crippen molar-refractivity contribution < 1.29 is 61.6 Å². The number of carboxylic acids is 2. The molecule has 14 nitrogen and oxygen atoms in total. The Morgan fingerprint density at radius 2 is 1.60 bits per heavy atom. The number of fused-ring (bicyclic) bond motifs is 1. The lowest BCUT2D eigenvalue weighted by Crippen LogP contribution is -2.59. The fourth-order valence-electron chi connectivity index (χ4n) is 6.14. The van der Waals surface area contributed by atoms with E-state index in [0.29, 0.717) is 17.9 Å². The molecule has 1 amide bonds. The number of methoxy groups -OCH3 is 2. The second-order valence-electron chi connectivity index (χ2n) is 12.6. The van der Waals surface area contributed by atoms with E-state index in [9.17, 15) is 24.5 Å². The number of benzene rings is 3. The van der Waals surface area contributed by atoms with Crippen LogP contribution in [0, 0.1) is 10.1 Å². The number of halogens is 3. The molecule has 1 unspecified atom stereocenters. The number of aromatic nitrogens is 1. The van der Waals surface area contributed by atoms with Crippen LogP contribution in [0.5, 0.6) is 11.5 Å². The molecule has 1 aliphatic heterocycles. The minimum atomic E-state index is -5.28. The standard InChI is InChI=1S/C35H36F3N3O9.C3H6O2/c1-47-22-49-34(35(36,37)38,28-21-40(20-24-6-4-3-5-7-24)29-19-25(41(45)46)10-11-27(28)29)33(44)39-16-14-26(15-17-39)50-30-12-8-23(9-13-32(42)43)18-31(30)48-2;1-2-3(4)5/h3-8,10-12,18-19,21,26H,9,13-17,20,22H2,1-2H3,(H,42,43);2H2,1H3,(H,4,5). The summed E-state index contributed by atoms with van der Waals surface area (Å²) in [5, 5.41) is 28.3. The number of carbonyl (C=O) groups is 3. The van der Waals surface area contributed by atoms with Crippen LogP contribution >= 0.6 is 0 Å². The molecule has 0 bridgehead atoms. The largest absolute Gasteiger partial charge is 0.493 e. The van der Waals surface area contributed by atoms with Crippen LogP contribution in [0.3, 0.4) is 0 Å². The molecule has 1 fully saturated rings. The highest BCUT2D eigenvalue weighted by molar-refractivity contribution is 5.96. The number of hydrogen-bond donors (Lipinski definition) is 2. The molecule has 4 aromatic rings. The van der Waals surface area contributed by atoms with Gasteiger partial charge in [-0.15, -0.1) is 0 Å². The number of nitrogens with zero attached hydrogens (tertiary/aromatic N) is 3. The minimum Gasteiger partial charge on any atom is -0.493 e. The van der Waals surface area contributed by atoms with E-state index < -0.39 is 53.0 Å². The van der Waals surface area contributed by atoms with Crippen LogP contribution in [0.2, 0.25) is 0 Å². The number of alkyl halides is 3. The SMILES string of the molecule is CCC(=O)O.COCOC(C(=O)N1CCC(Oc2ccc(CCC(=O)O)cc2OC)CC1)(c1cn(Cc2ccccc2)c2cc([N+](=O)[O-])ccc12)C(F)(F)F. The van der Waals surface area contributed by atoms with E-state index in [4.69, 9.17) is 29.2 Å². The number of likely N-dealkylation sites (tertiary alicyclic amines) is 1. The number of carboxylic acid groups (broad SMARTS) is 2. The Morgan fingerprint density at radius 3 is 2.16 bits per heavy atom. The van der Waals surface area contributed by atoms with Crippen molar-refractivity contribution in [1.82, 2.24) is 9.47 Å². The third-order valence-corrected chi connectivity index (χ3v) is 8.93. The third kappa shape index (κ3) is 10.1. The lowest BCUT2D eigenvalue weighted by Gasteiger charge is -2.40. The molecule has 17 heteroatoms. The van der Waals surface area contributed by atoms with Crippen molar-refractivity contribution in [3.05, 3.63) is 99.7 Å². The summed E-state index contributed by atoms with van der Waals surface area (Å²) in [6.45, 7) is 0.612. The Balaban J connectivity index is 0.00000126. The lowest BCUT2D eigenvalue weighted by atomic mass is 9.89. The third-order valence-electron chi connectivity index (χ3n) is 8.93. The number of aryl methyl sites for hydroxylation is 1. The number of nitro groups is 1. The van der Waals surface area contributed by atoms with Crippen molar-refractivity contribution in [2.24, 2.45) is 0 Å². The van der Waals surface area contributed by atoms with Gasteiger partial charge in [0.2, 0.25) is 0 Å². The Bertz CT molecular complexity index is 1960. The van der Waals surface area contributed by atoms with E-state index in [1.807, 2.05) is 0 Å². The van der Waals surface area contributed by atoms with Crippen LogP contribution < -0.4 is 9.47 Å². The van der Waals surface area contributed by atoms with Crippen molar-refractivity contribution in [2.75, 3.05) is 34.1 Å². The molecule has 2 N–H and O–H groups in total. The molecule has 296 valence electrons. The molecule has 1 aliphatic rings. The quantitative estimate of drug-likeness (QED) is 0.0760. The molecule has 3 aromatic carbocycles. The highest BCUT2D eigenvalue weighted by Crippen LogP contribution is 2.48. The summed E-state index contributed by atoms with van der Waals surface area (Å²) in [6, 6.07) is 17.3. The summed E-state index contributed by atoms with van der Waals surface area (Å²) in [4.78, 5) is 46.7. The van der Waals surface area contributed by atoms with Crippen LogP contribution in [0.15, 0.2) is 72.9 Å². The summed E-state index contributed by atoms with van der Waals surface area (Å²) in [5.41, 5.74) is -2.78. The van der Waals surface area contributed by atoms with Gasteiger partial charge in [-0.05, 0) is 35.7 Å². The van der Waals surface area contributed by atoms with Gasteiger partial charge in [0.05, 0.1) is 17.5 Å². The minimum absolute atomic E-state index is 0.0366. The van der Waals surface area contributed by atoms with Crippen LogP contribution in [-0.4, -0.2) is 88.8 Å². The van der Waals surface area contributed by atoms with Crippen molar-refractivity contribution in [2.45, 2.75) is 63.5 Å². The number of carbonyl (C=O) groups excluding carboxylic acids is 1.